The van der Waals surface area contributed by atoms with Gasteiger partial charge in [-0.2, -0.15) is 0 Å². The summed E-state index contributed by atoms with van der Waals surface area (Å²) in [6.07, 6.45) is 0.332. The van der Waals surface area contributed by atoms with Gasteiger partial charge in [0.05, 0.1) is 22.1 Å². The predicted octanol–water partition coefficient (Wildman–Crippen LogP) is 2.22. The van der Waals surface area contributed by atoms with Crippen molar-refractivity contribution in [1.82, 2.24) is 10.2 Å². The standard InChI is InChI=1S/C23H25ClN2O6S/c1-16(25-22(28)19-9-5-6-10-20(19)24)23(29)32-14-21(27)26(13-17-7-3-2-4-8-17)18-11-12-33(30,31)15-18/h2-10,16,18H,11-15H2,1H3,(H,25,28). The first-order chi connectivity index (χ1) is 15.7. The smallest absolute Gasteiger partial charge is 0.328 e. The molecule has 33 heavy (non-hydrogen) atoms. The summed E-state index contributed by atoms with van der Waals surface area (Å²) in [6.45, 7) is 1.08. The summed E-state index contributed by atoms with van der Waals surface area (Å²) >= 11 is 6.00. The summed E-state index contributed by atoms with van der Waals surface area (Å²) in [4.78, 5) is 39.1. The van der Waals surface area contributed by atoms with Gasteiger partial charge in [0.2, 0.25) is 0 Å². The lowest BCUT2D eigenvalue weighted by Crippen LogP contribution is -2.44. The number of sulfone groups is 1. The van der Waals surface area contributed by atoms with Crippen LogP contribution >= 0.6 is 11.6 Å². The molecular weight excluding hydrogens is 468 g/mol. The summed E-state index contributed by atoms with van der Waals surface area (Å²) in [5, 5.41) is 2.74. The molecule has 10 heteroatoms. The lowest BCUT2D eigenvalue weighted by Gasteiger charge is -2.28. The van der Waals surface area contributed by atoms with Crippen LogP contribution in [-0.4, -0.2) is 61.3 Å². The van der Waals surface area contributed by atoms with E-state index in [0.717, 1.165) is 5.56 Å². The second-order valence-corrected chi connectivity index (χ2v) is 10.5. The summed E-state index contributed by atoms with van der Waals surface area (Å²) in [5.41, 5.74) is 1.05. The van der Waals surface area contributed by atoms with E-state index >= 15 is 0 Å². The Morgan fingerprint density at radius 3 is 2.42 bits per heavy atom. The van der Waals surface area contributed by atoms with Crippen LogP contribution in [-0.2, 0) is 30.7 Å². The van der Waals surface area contributed by atoms with Crippen molar-refractivity contribution in [3.05, 3.63) is 70.7 Å². The van der Waals surface area contributed by atoms with Gasteiger partial charge in [0.25, 0.3) is 11.8 Å². The van der Waals surface area contributed by atoms with E-state index in [2.05, 4.69) is 5.32 Å². The SMILES string of the molecule is CC(NC(=O)c1ccccc1Cl)C(=O)OCC(=O)N(Cc1ccccc1)C1CCS(=O)(=O)C1. The molecule has 0 spiro atoms. The summed E-state index contributed by atoms with van der Waals surface area (Å²) < 4.78 is 29.0. The number of ether oxygens (including phenoxy) is 1. The zero-order valence-corrected chi connectivity index (χ0v) is 19.6. The minimum absolute atomic E-state index is 0.0150. The van der Waals surface area contributed by atoms with Gasteiger partial charge >= 0.3 is 5.97 Å². The molecule has 3 rings (SSSR count). The molecule has 0 aliphatic carbocycles. The molecule has 1 aliphatic rings. The molecule has 0 aromatic heterocycles. The van der Waals surface area contributed by atoms with Gasteiger partial charge in [-0.3, -0.25) is 9.59 Å². The fraction of sp³-hybridized carbons (Fsp3) is 0.348. The van der Waals surface area contributed by atoms with Gasteiger partial charge < -0.3 is 15.0 Å². The zero-order valence-electron chi connectivity index (χ0n) is 18.1. The van der Waals surface area contributed by atoms with Crippen molar-refractivity contribution in [3.63, 3.8) is 0 Å². The molecule has 2 atom stereocenters. The molecule has 8 nitrogen and oxygen atoms in total. The third-order valence-electron chi connectivity index (χ3n) is 5.32. The number of benzene rings is 2. The van der Waals surface area contributed by atoms with E-state index in [-0.39, 0.29) is 28.6 Å². The van der Waals surface area contributed by atoms with Gasteiger partial charge in [-0.1, -0.05) is 54.1 Å². The Labute approximate surface area is 197 Å². The second kappa shape index (κ2) is 10.8. The third-order valence-corrected chi connectivity index (χ3v) is 7.40. The Hall–Kier alpha value is -2.91. The summed E-state index contributed by atoms with van der Waals surface area (Å²) in [7, 11) is -3.21. The highest BCUT2D eigenvalue weighted by atomic mass is 35.5. The summed E-state index contributed by atoms with van der Waals surface area (Å²) in [6, 6.07) is 14.1. The topological polar surface area (TPSA) is 110 Å². The highest BCUT2D eigenvalue weighted by Gasteiger charge is 2.35. The average molecular weight is 493 g/mol. The number of carbonyl (C=O) groups is 3. The van der Waals surface area contributed by atoms with E-state index in [1.807, 2.05) is 30.3 Å². The second-order valence-electron chi connectivity index (χ2n) is 7.85. The number of carbonyl (C=O) groups excluding carboxylic acids is 3. The van der Waals surface area contributed by atoms with E-state index in [4.69, 9.17) is 16.3 Å². The normalized spacial score (nSPS) is 17.7. The third kappa shape index (κ3) is 6.79. The lowest BCUT2D eigenvalue weighted by atomic mass is 10.1. The highest BCUT2D eigenvalue weighted by Crippen LogP contribution is 2.20. The molecule has 1 N–H and O–H groups in total. The van der Waals surface area contributed by atoms with Crippen LogP contribution in [0.2, 0.25) is 5.02 Å². The van der Waals surface area contributed by atoms with Crippen molar-refractivity contribution >= 4 is 39.2 Å². The van der Waals surface area contributed by atoms with Gasteiger partial charge in [0.15, 0.2) is 16.4 Å². The minimum Gasteiger partial charge on any atom is -0.454 e. The van der Waals surface area contributed by atoms with Gasteiger partial charge in [0, 0.05) is 12.6 Å². The van der Waals surface area contributed by atoms with Crippen molar-refractivity contribution < 1.29 is 27.5 Å². The van der Waals surface area contributed by atoms with Crippen molar-refractivity contribution in [2.24, 2.45) is 0 Å². The van der Waals surface area contributed by atoms with E-state index in [1.54, 1.807) is 18.2 Å². The molecule has 1 fully saturated rings. The van der Waals surface area contributed by atoms with Crippen molar-refractivity contribution in [1.29, 1.82) is 0 Å². The molecule has 1 heterocycles. The maximum atomic E-state index is 12.9. The van der Waals surface area contributed by atoms with Gasteiger partial charge in [0.1, 0.15) is 6.04 Å². The first-order valence-electron chi connectivity index (χ1n) is 10.4. The molecule has 2 aromatic rings. The molecule has 2 amide bonds. The Balaban J connectivity index is 1.61. The van der Waals surface area contributed by atoms with Gasteiger partial charge in [-0.15, -0.1) is 0 Å². The largest absolute Gasteiger partial charge is 0.454 e. The van der Waals surface area contributed by atoms with E-state index in [9.17, 15) is 22.8 Å². The predicted molar refractivity (Wildman–Crippen MR) is 123 cm³/mol. The maximum Gasteiger partial charge on any atom is 0.328 e. The number of nitrogens with zero attached hydrogens (tertiary/aromatic N) is 1. The van der Waals surface area contributed by atoms with Gasteiger partial charge in [-0.25, -0.2) is 13.2 Å². The molecular formula is C23H25ClN2O6S. The number of hydrogen-bond donors (Lipinski definition) is 1. The van der Waals surface area contributed by atoms with Crippen molar-refractivity contribution in [2.75, 3.05) is 18.1 Å². The molecule has 1 aliphatic heterocycles. The number of rotatable bonds is 8. The Morgan fingerprint density at radius 1 is 1.12 bits per heavy atom. The number of hydrogen-bond acceptors (Lipinski definition) is 6. The van der Waals surface area contributed by atoms with Crippen molar-refractivity contribution in [2.45, 2.75) is 32.0 Å². The quantitative estimate of drug-likeness (QED) is 0.566. The summed E-state index contributed by atoms with van der Waals surface area (Å²) in [5.74, 6) is -1.94. The van der Waals surface area contributed by atoms with E-state index in [1.165, 1.54) is 17.9 Å². The monoisotopic (exact) mass is 492 g/mol. The molecule has 0 saturated carbocycles. The molecule has 2 aromatic carbocycles. The zero-order chi connectivity index (χ0) is 24.0. The Bertz CT molecular complexity index is 1120. The van der Waals surface area contributed by atoms with Crippen LogP contribution in [0.4, 0.5) is 0 Å². The first-order valence-corrected chi connectivity index (χ1v) is 12.6. The first kappa shape index (κ1) is 24.7. The Morgan fingerprint density at radius 2 is 1.79 bits per heavy atom. The minimum atomic E-state index is -3.21. The van der Waals surface area contributed by atoms with Gasteiger partial charge in [-0.05, 0) is 31.0 Å². The van der Waals surface area contributed by atoms with Crippen LogP contribution in [0.25, 0.3) is 0 Å². The lowest BCUT2D eigenvalue weighted by molar-refractivity contribution is -0.154. The maximum absolute atomic E-state index is 12.9. The fourth-order valence-corrected chi connectivity index (χ4v) is 5.49. The highest BCUT2D eigenvalue weighted by molar-refractivity contribution is 7.91. The van der Waals surface area contributed by atoms with E-state index < -0.39 is 46.3 Å². The average Bonchev–Trinajstić information content (AvgIpc) is 3.15. The van der Waals surface area contributed by atoms with Crippen LogP contribution in [0.5, 0.6) is 0 Å². The molecule has 176 valence electrons. The fourth-order valence-electron chi connectivity index (χ4n) is 3.54. The number of nitrogens with one attached hydrogen (secondary N) is 1. The number of esters is 1. The van der Waals surface area contributed by atoms with Crippen LogP contribution in [0.15, 0.2) is 54.6 Å². The Kier molecular flexibility index (Phi) is 8.10. The van der Waals surface area contributed by atoms with Crippen LogP contribution in [0, 0.1) is 0 Å². The van der Waals surface area contributed by atoms with Crippen molar-refractivity contribution in [3.8, 4) is 0 Å². The van der Waals surface area contributed by atoms with Crippen LogP contribution < -0.4 is 5.32 Å². The van der Waals surface area contributed by atoms with Crippen LogP contribution in [0.3, 0.4) is 0 Å². The molecule has 2 unspecified atom stereocenters. The number of amides is 2. The number of halogens is 1. The van der Waals surface area contributed by atoms with E-state index in [0.29, 0.717) is 6.42 Å². The molecule has 1 saturated heterocycles. The molecule has 0 radical (unpaired) electrons. The molecule has 0 bridgehead atoms. The van der Waals surface area contributed by atoms with Crippen LogP contribution in [0.1, 0.15) is 29.3 Å².